The van der Waals surface area contributed by atoms with Gasteiger partial charge in [-0.15, -0.1) is 0 Å². The van der Waals surface area contributed by atoms with Crippen molar-refractivity contribution < 1.29 is 9.21 Å². The zero-order valence-corrected chi connectivity index (χ0v) is 14.2. The van der Waals surface area contributed by atoms with Gasteiger partial charge in [0.05, 0.1) is 6.26 Å². The Morgan fingerprint density at radius 3 is 2.54 bits per heavy atom. The van der Waals surface area contributed by atoms with Crippen molar-refractivity contribution in [3.05, 3.63) is 54.0 Å². The van der Waals surface area contributed by atoms with Gasteiger partial charge in [-0.25, -0.2) is 0 Å². The SMILES string of the molecule is CN1CCN(c2ccc(CCCNC(=O)c3ccco3)cc2)CC1. The summed E-state index contributed by atoms with van der Waals surface area (Å²) in [5.41, 5.74) is 2.61. The first kappa shape index (κ1) is 16.6. The number of rotatable bonds is 6. The number of amides is 1. The number of nitrogens with zero attached hydrogens (tertiary/aromatic N) is 2. The molecule has 1 aliphatic rings. The molecular weight excluding hydrogens is 302 g/mol. The summed E-state index contributed by atoms with van der Waals surface area (Å²) < 4.78 is 5.07. The Labute approximate surface area is 143 Å². The molecule has 5 nitrogen and oxygen atoms in total. The van der Waals surface area contributed by atoms with Crippen molar-refractivity contribution in [1.82, 2.24) is 10.2 Å². The van der Waals surface area contributed by atoms with E-state index < -0.39 is 0 Å². The summed E-state index contributed by atoms with van der Waals surface area (Å²) in [4.78, 5) is 16.5. The molecule has 0 saturated carbocycles. The van der Waals surface area contributed by atoms with Gasteiger partial charge in [-0.3, -0.25) is 4.79 Å². The molecule has 0 bridgehead atoms. The van der Waals surface area contributed by atoms with Gasteiger partial charge in [0, 0.05) is 38.4 Å². The van der Waals surface area contributed by atoms with Gasteiger partial charge in [0.1, 0.15) is 0 Å². The van der Waals surface area contributed by atoms with Crippen LogP contribution in [0.25, 0.3) is 0 Å². The molecule has 1 fully saturated rings. The van der Waals surface area contributed by atoms with Crippen LogP contribution in [0.4, 0.5) is 5.69 Å². The fraction of sp³-hybridized carbons (Fsp3) is 0.421. The normalized spacial score (nSPS) is 15.5. The number of furan rings is 1. The lowest BCUT2D eigenvalue weighted by Gasteiger charge is -2.34. The second-order valence-corrected chi connectivity index (χ2v) is 6.29. The highest BCUT2D eigenvalue weighted by atomic mass is 16.3. The Bertz CT molecular complexity index is 629. The standard InChI is InChI=1S/C19H25N3O2/c1-21-11-13-22(14-12-21)17-8-6-16(7-9-17)4-2-10-20-19(23)18-5-3-15-24-18/h3,5-9,15H,2,4,10-14H2,1H3,(H,20,23). The van der Waals surface area contributed by atoms with Crippen LogP contribution in [0.15, 0.2) is 47.1 Å². The van der Waals surface area contributed by atoms with Gasteiger partial charge < -0.3 is 19.5 Å². The van der Waals surface area contributed by atoms with Crippen LogP contribution in [0.1, 0.15) is 22.5 Å². The lowest BCUT2D eigenvalue weighted by Crippen LogP contribution is -2.44. The molecule has 2 heterocycles. The Morgan fingerprint density at radius 1 is 1.12 bits per heavy atom. The van der Waals surface area contributed by atoms with Crippen LogP contribution in [0.2, 0.25) is 0 Å². The van der Waals surface area contributed by atoms with Crippen LogP contribution < -0.4 is 10.2 Å². The maximum Gasteiger partial charge on any atom is 0.286 e. The van der Waals surface area contributed by atoms with E-state index in [-0.39, 0.29) is 5.91 Å². The van der Waals surface area contributed by atoms with Crippen molar-refractivity contribution in [3.63, 3.8) is 0 Å². The first-order chi connectivity index (χ1) is 11.7. The highest BCUT2D eigenvalue weighted by Crippen LogP contribution is 2.17. The number of likely N-dealkylation sites (N-methyl/N-ethyl adjacent to an activating group) is 1. The number of hydrogen-bond acceptors (Lipinski definition) is 4. The largest absolute Gasteiger partial charge is 0.459 e. The second kappa shape index (κ2) is 8.02. The van der Waals surface area contributed by atoms with E-state index in [1.54, 1.807) is 12.1 Å². The van der Waals surface area contributed by atoms with E-state index in [0.717, 1.165) is 39.0 Å². The molecule has 1 N–H and O–H groups in total. The minimum atomic E-state index is -0.148. The van der Waals surface area contributed by atoms with Crippen LogP contribution in [-0.2, 0) is 6.42 Å². The lowest BCUT2D eigenvalue weighted by molar-refractivity contribution is 0.0925. The van der Waals surface area contributed by atoms with Crippen LogP contribution in [0.5, 0.6) is 0 Å². The zero-order chi connectivity index (χ0) is 16.8. The highest BCUT2D eigenvalue weighted by molar-refractivity contribution is 5.91. The summed E-state index contributed by atoms with van der Waals surface area (Å²) in [5, 5.41) is 2.88. The first-order valence-corrected chi connectivity index (χ1v) is 8.56. The molecule has 128 valence electrons. The first-order valence-electron chi connectivity index (χ1n) is 8.56. The average Bonchev–Trinajstić information content (AvgIpc) is 3.15. The van der Waals surface area contributed by atoms with E-state index in [0.29, 0.717) is 12.3 Å². The van der Waals surface area contributed by atoms with Gasteiger partial charge in [0.2, 0.25) is 0 Å². The minimum Gasteiger partial charge on any atom is -0.459 e. The van der Waals surface area contributed by atoms with Crippen molar-refractivity contribution in [1.29, 1.82) is 0 Å². The van der Waals surface area contributed by atoms with Crippen LogP contribution >= 0.6 is 0 Å². The molecular formula is C19H25N3O2. The molecule has 1 aromatic heterocycles. The number of benzene rings is 1. The number of hydrogen-bond donors (Lipinski definition) is 1. The predicted octanol–water partition coefficient (Wildman–Crippen LogP) is 2.39. The van der Waals surface area contributed by atoms with E-state index in [1.807, 2.05) is 0 Å². The molecule has 24 heavy (non-hydrogen) atoms. The third-order valence-corrected chi connectivity index (χ3v) is 4.48. The Morgan fingerprint density at radius 2 is 1.88 bits per heavy atom. The summed E-state index contributed by atoms with van der Waals surface area (Å²) in [6, 6.07) is 12.2. The summed E-state index contributed by atoms with van der Waals surface area (Å²) in [6.07, 6.45) is 3.39. The Balaban J connectivity index is 1.41. The Hall–Kier alpha value is -2.27. The number of aryl methyl sites for hydroxylation is 1. The van der Waals surface area contributed by atoms with E-state index in [2.05, 4.69) is 46.4 Å². The molecule has 1 aliphatic heterocycles. The van der Waals surface area contributed by atoms with Crippen molar-refractivity contribution in [2.75, 3.05) is 44.7 Å². The highest BCUT2D eigenvalue weighted by Gasteiger charge is 2.13. The Kier molecular flexibility index (Phi) is 5.54. The van der Waals surface area contributed by atoms with Crippen molar-refractivity contribution >= 4 is 11.6 Å². The summed E-state index contributed by atoms with van der Waals surface area (Å²) in [5.74, 6) is 0.219. The average molecular weight is 327 g/mol. The number of piperazine rings is 1. The molecule has 2 aromatic rings. The van der Waals surface area contributed by atoms with Gasteiger partial charge in [-0.2, -0.15) is 0 Å². The van der Waals surface area contributed by atoms with E-state index in [1.165, 1.54) is 17.5 Å². The minimum absolute atomic E-state index is 0.148. The molecule has 0 spiro atoms. The maximum absolute atomic E-state index is 11.7. The van der Waals surface area contributed by atoms with E-state index in [9.17, 15) is 4.79 Å². The number of anilines is 1. The predicted molar refractivity (Wildman–Crippen MR) is 95.5 cm³/mol. The number of carbonyl (C=O) groups is 1. The molecule has 1 saturated heterocycles. The van der Waals surface area contributed by atoms with Gasteiger partial charge in [0.15, 0.2) is 5.76 Å². The molecule has 0 atom stereocenters. The molecule has 1 aromatic carbocycles. The summed E-state index contributed by atoms with van der Waals surface area (Å²) >= 11 is 0. The van der Waals surface area contributed by atoms with Crippen molar-refractivity contribution in [3.8, 4) is 0 Å². The molecule has 1 amide bonds. The number of carbonyl (C=O) groups excluding carboxylic acids is 1. The van der Waals surface area contributed by atoms with Crippen molar-refractivity contribution in [2.45, 2.75) is 12.8 Å². The smallest absolute Gasteiger partial charge is 0.286 e. The van der Waals surface area contributed by atoms with Gasteiger partial charge in [-0.05, 0) is 49.7 Å². The second-order valence-electron chi connectivity index (χ2n) is 6.29. The van der Waals surface area contributed by atoms with E-state index in [4.69, 9.17) is 4.42 Å². The van der Waals surface area contributed by atoms with Gasteiger partial charge in [-0.1, -0.05) is 12.1 Å². The molecule has 0 radical (unpaired) electrons. The molecule has 5 heteroatoms. The topological polar surface area (TPSA) is 48.7 Å². The van der Waals surface area contributed by atoms with Crippen LogP contribution in [0.3, 0.4) is 0 Å². The molecule has 0 unspecified atom stereocenters. The fourth-order valence-corrected chi connectivity index (χ4v) is 2.93. The maximum atomic E-state index is 11.7. The quantitative estimate of drug-likeness (QED) is 0.828. The van der Waals surface area contributed by atoms with Crippen LogP contribution in [-0.4, -0.2) is 50.6 Å². The third-order valence-electron chi connectivity index (χ3n) is 4.48. The van der Waals surface area contributed by atoms with Crippen LogP contribution in [0, 0.1) is 0 Å². The zero-order valence-electron chi connectivity index (χ0n) is 14.2. The third kappa shape index (κ3) is 4.38. The number of nitrogens with one attached hydrogen (secondary N) is 1. The monoisotopic (exact) mass is 327 g/mol. The molecule has 0 aliphatic carbocycles. The fourth-order valence-electron chi connectivity index (χ4n) is 2.93. The molecule has 3 rings (SSSR count). The summed E-state index contributed by atoms with van der Waals surface area (Å²) in [6.45, 7) is 5.08. The lowest BCUT2D eigenvalue weighted by atomic mass is 10.1. The van der Waals surface area contributed by atoms with Crippen molar-refractivity contribution in [2.24, 2.45) is 0 Å². The van der Waals surface area contributed by atoms with Gasteiger partial charge in [0.25, 0.3) is 5.91 Å². The summed E-state index contributed by atoms with van der Waals surface area (Å²) in [7, 11) is 2.17. The van der Waals surface area contributed by atoms with E-state index >= 15 is 0 Å². The van der Waals surface area contributed by atoms with Gasteiger partial charge >= 0.3 is 0 Å².